The number of H-pyrrole nitrogens is 1. The quantitative estimate of drug-likeness (QED) is 0.668. The molecule has 1 N–H and O–H groups in total. The molecule has 1 aromatic carbocycles. The lowest BCUT2D eigenvalue weighted by Gasteiger charge is -2.27. The Bertz CT molecular complexity index is 907. The normalized spacial score (nSPS) is 17.3. The van der Waals surface area contributed by atoms with Gasteiger partial charge in [-0.25, -0.2) is 4.98 Å². The number of nitro groups is 1. The molecule has 8 heteroatoms. The molecule has 0 atom stereocenters. The Hall–Kier alpha value is -2.25. The van der Waals surface area contributed by atoms with Crippen LogP contribution in [0.5, 0.6) is 0 Å². The molecule has 2 aliphatic rings. The Balaban J connectivity index is 1.54. The van der Waals surface area contributed by atoms with Crippen molar-refractivity contribution in [3.05, 3.63) is 66.3 Å². The highest BCUT2D eigenvalue weighted by atomic mass is 35.5. The highest BCUT2D eigenvalue weighted by Gasteiger charge is 2.29. The molecule has 1 aromatic heterocycles. The molecule has 0 bridgehead atoms. The van der Waals surface area contributed by atoms with Crippen LogP contribution in [0.4, 0.5) is 5.69 Å². The van der Waals surface area contributed by atoms with E-state index in [1.54, 1.807) is 12.1 Å². The first-order valence-corrected chi connectivity index (χ1v) is 8.66. The van der Waals surface area contributed by atoms with Crippen molar-refractivity contribution in [3.63, 3.8) is 0 Å². The van der Waals surface area contributed by atoms with Crippen LogP contribution in [0.1, 0.15) is 41.4 Å². The second kappa shape index (κ2) is 6.24. The lowest BCUT2D eigenvalue weighted by molar-refractivity contribution is -0.384. The van der Waals surface area contributed by atoms with Crippen molar-refractivity contribution in [1.82, 2.24) is 14.9 Å². The van der Waals surface area contributed by atoms with Crippen LogP contribution in [0.25, 0.3) is 0 Å². The number of hydrogen-bond acceptors (Lipinski definition) is 5. The second-order valence-corrected chi connectivity index (χ2v) is 7.06. The van der Waals surface area contributed by atoms with E-state index < -0.39 is 4.92 Å². The van der Waals surface area contributed by atoms with E-state index in [4.69, 9.17) is 11.6 Å². The number of aromatic nitrogens is 2. The van der Waals surface area contributed by atoms with E-state index in [-0.39, 0.29) is 16.3 Å². The van der Waals surface area contributed by atoms with E-state index in [0.717, 1.165) is 36.5 Å². The van der Waals surface area contributed by atoms with Gasteiger partial charge < -0.3 is 4.98 Å². The minimum atomic E-state index is -0.481. The Morgan fingerprint density at radius 3 is 2.92 bits per heavy atom. The number of nitrogens with zero attached hydrogens (tertiary/aromatic N) is 3. The number of nitrogens with one attached hydrogen (secondary N) is 1. The van der Waals surface area contributed by atoms with E-state index in [9.17, 15) is 14.9 Å². The average Bonchev–Trinajstić information content (AvgIpc) is 3.42. The fraction of sp³-hybridized carbons (Fsp3) is 0.412. The number of benzene rings is 1. The summed E-state index contributed by atoms with van der Waals surface area (Å²) in [6.07, 6.45) is 2.92. The summed E-state index contributed by atoms with van der Waals surface area (Å²) >= 11 is 5.86. The number of halogens is 1. The molecular formula is C17H17ClN4O3. The third-order valence-electron chi connectivity index (χ3n) is 4.74. The van der Waals surface area contributed by atoms with Gasteiger partial charge in [0.05, 0.1) is 16.2 Å². The Kier molecular flexibility index (Phi) is 4.05. The summed E-state index contributed by atoms with van der Waals surface area (Å²) in [6, 6.07) is 4.82. The summed E-state index contributed by atoms with van der Waals surface area (Å²) in [7, 11) is 0. The smallest absolute Gasteiger partial charge is 0.288 e. The van der Waals surface area contributed by atoms with Gasteiger partial charge in [0, 0.05) is 38.0 Å². The van der Waals surface area contributed by atoms with Crippen LogP contribution in [0.2, 0.25) is 5.02 Å². The van der Waals surface area contributed by atoms with Crippen molar-refractivity contribution in [2.24, 2.45) is 0 Å². The third kappa shape index (κ3) is 3.29. The Labute approximate surface area is 148 Å². The first-order chi connectivity index (χ1) is 12.0. The molecule has 0 saturated heterocycles. The summed E-state index contributed by atoms with van der Waals surface area (Å²) in [5.74, 6) is 1.25. The van der Waals surface area contributed by atoms with Gasteiger partial charge in [-0.3, -0.25) is 19.8 Å². The Morgan fingerprint density at radius 1 is 1.40 bits per heavy atom. The van der Waals surface area contributed by atoms with Gasteiger partial charge in [-0.1, -0.05) is 17.7 Å². The minimum Gasteiger partial charge on any atom is -0.310 e. The van der Waals surface area contributed by atoms with Crippen molar-refractivity contribution in [3.8, 4) is 0 Å². The van der Waals surface area contributed by atoms with Crippen molar-refractivity contribution in [2.45, 2.75) is 38.3 Å². The molecule has 1 saturated carbocycles. The number of hydrogen-bond donors (Lipinski definition) is 1. The molecule has 25 heavy (non-hydrogen) atoms. The predicted octanol–water partition coefficient (Wildman–Crippen LogP) is 2.77. The molecule has 0 unspecified atom stereocenters. The van der Waals surface area contributed by atoms with Gasteiger partial charge in [-0.2, -0.15) is 0 Å². The average molecular weight is 361 g/mol. The topological polar surface area (TPSA) is 92.1 Å². The van der Waals surface area contributed by atoms with Crippen LogP contribution >= 0.6 is 11.6 Å². The maximum atomic E-state index is 12.4. The fourth-order valence-corrected chi connectivity index (χ4v) is 3.43. The van der Waals surface area contributed by atoms with Gasteiger partial charge in [0.1, 0.15) is 10.8 Å². The molecule has 2 heterocycles. The van der Waals surface area contributed by atoms with Gasteiger partial charge in [-0.05, 0) is 24.5 Å². The highest BCUT2D eigenvalue weighted by molar-refractivity contribution is 6.32. The molecule has 0 radical (unpaired) electrons. The summed E-state index contributed by atoms with van der Waals surface area (Å²) in [6.45, 7) is 1.80. The monoisotopic (exact) mass is 360 g/mol. The van der Waals surface area contributed by atoms with Gasteiger partial charge in [0.25, 0.3) is 11.2 Å². The minimum absolute atomic E-state index is 0.0568. The number of fused-ring (bicyclic) bond motifs is 1. The van der Waals surface area contributed by atoms with Gasteiger partial charge in [0.2, 0.25) is 0 Å². The van der Waals surface area contributed by atoms with Crippen LogP contribution in [-0.4, -0.2) is 26.3 Å². The third-order valence-corrected chi connectivity index (χ3v) is 5.06. The Morgan fingerprint density at radius 2 is 2.20 bits per heavy atom. The van der Waals surface area contributed by atoms with Crippen LogP contribution in [-0.2, 0) is 19.5 Å². The fourth-order valence-electron chi connectivity index (χ4n) is 3.24. The summed E-state index contributed by atoms with van der Waals surface area (Å²) in [5.41, 5.74) is 2.26. The molecule has 0 amide bonds. The first-order valence-electron chi connectivity index (χ1n) is 8.28. The molecule has 130 valence electrons. The molecule has 1 aliphatic carbocycles. The van der Waals surface area contributed by atoms with E-state index in [1.165, 1.54) is 6.07 Å². The van der Waals surface area contributed by atoms with Crippen molar-refractivity contribution in [2.75, 3.05) is 6.54 Å². The lowest BCUT2D eigenvalue weighted by Crippen LogP contribution is -2.35. The standard InChI is InChI=1S/C17H17ClN4O3/c18-13-4-1-10(7-15(13)22(24)25)8-21-6-5-14-12(9-21)17(23)20-16(19-14)11-2-3-11/h1,4,7,11H,2-3,5-6,8-9H2,(H,19,20,23). The molecule has 0 spiro atoms. The first kappa shape index (κ1) is 16.2. The van der Waals surface area contributed by atoms with E-state index in [1.807, 2.05) is 0 Å². The summed E-state index contributed by atoms with van der Waals surface area (Å²) in [4.78, 5) is 32.6. The zero-order valence-electron chi connectivity index (χ0n) is 13.5. The molecule has 2 aromatic rings. The zero-order chi connectivity index (χ0) is 17.6. The van der Waals surface area contributed by atoms with E-state index >= 15 is 0 Å². The number of aromatic amines is 1. The van der Waals surface area contributed by atoms with Gasteiger partial charge in [-0.15, -0.1) is 0 Å². The largest absolute Gasteiger partial charge is 0.310 e. The molecule has 1 aliphatic heterocycles. The predicted molar refractivity (Wildman–Crippen MR) is 92.8 cm³/mol. The maximum absolute atomic E-state index is 12.4. The second-order valence-electron chi connectivity index (χ2n) is 6.65. The van der Waals surface area contributed by atoms with Crippen LogP contribution in [0.15, 0.2) is 23.0 Å². The highest BCUT2D eigenvalue weighted by Crippen LogP contribution is 2.37. The van der Waals surface area contributed by atoms with Crippen LogP contribution in [0.3, 0.4) is 0 Å². The van der Waals surface area contributed by atoms with Gasteiger partial charge in [0.15, 0.2) is 0 Å². The lowest BCUT2D eigenvalue weighted by atomic mass is 10.1. The number of rotatable bonds is 4. The number of nitro benzene ring substituents is 1. The van der Waals surface area contributed by atoms with Crippen LogP contribution < -0.4 is 5.56 Å². The van der Waals surface area contributed by atoms with Crippen molar-refractivity contribution in [1.29, 1.82) is 0 Å². The van der Waals surface area contributed by atoms with Crippen LogP contribution in [0, 0.1) is 10.1 Å². The van der Waals surface area contributed by atoms with Gasteiger partial charge >= 0.3 is 0 Å². The SMILES string of the molecule is O=c1[nH]c(C2CC2)nc2c1CN(Cc1ccc(Cl)c([N+](=O)[O-])c1)CC2. The zero-order valence-corrected chi connectivity index (χ0v) is 14.3. The molecular weight excluding hydrogens is 344 g/mol. The van der Waals surface area contributed by atoms with E-state index in [0.29, 0.717) is 31.0 Å². The maximum Gasteiger partial charge on any atom is 0.288 e. The van der Waals surface area contributed by atoms with Crippen molar-refractivity contribution < 1.29 is 4.92 Å². The molecule has 4 rings (SSSR count). The van der Waals surface area contributed by atoms with Crippen molar-refractivity contribution >= 4 is 17.3 Å². The molecule has 7 nitrogen and oxygen atoms in total. The summed E-state index contributed by atoms with van der Waals surface area (Å²) in [5, 5.41) is 11.2. The molecule has 1 fully saturated rings. The van der Waals surface area contributed by atoms with E-state index in [2.05, 4.69) is 14.9 Å². The summed E-state index contributed by atoms with van der Waals surface area (Å²) < 4.78 is 0.